The molecule has 0 aliphatic heterocycles. The van der Waals surface area contributed by atoms with Gasteiger partial charge < -0.3 is 0 Å². The van der Waals surface area contributed by atoms with E-state index in [1.807, 2.05) is 11.3 Å². The molecular formula is C22H18S2. The average Bonchev–Trinajstić information content (AvgIpc) is 3.17. The van der Waals surface area contributed by atoms with Crippen molar-refractivity contribution in [3.63, 3.8) is 0 Å². The van der Waals surface area contributed by atoms with Gasteiger partial charge in [0.15, 0.2) is 0 Å². The van der Waals surface area contributed by atoms with E-state index in [1.54, 1.807) is 11.1 Å². The Labute approximate surface area is 151 Å². The van der Waals surface area contributed by atoms with E-state index in [1.165, 1.54) is 50.9 Å². The van der Waals surface area contributed by atoms with Crippen molar-refractivity contribution in [2.75, 3.05) is 0 Å². The molecule has 3 aromatic rings. The highest BCUT2D eigenvalue weighted by atomic mass is 32.1. The van der Waals surface area contributed by atoms with Crippen LogP contribution in [-0.4, -0.2) is 0 Å². The van der Waals surface area contributed by atoms with Crippen LogP contribution in [0.5, 0.6) is 0 Å². The molecule has 0 atom stereocenters. The largest absolute Gasteiger partial charge is 0.143 e. The molecule has 2 aromatic carbocycles. The first-order valence-corrected chi connectivity index (χ1v) is 9.81. The third-order valence-electron chi connectivity index (χ3n) is 5.20. The number of allylic oxidation sites excluding steroid dienone is 4. The van der Waals surface area contributed by atoms with Crippen LogP contribution < -0.4 is 0 Å². The lowest BCUT2D eigenvalue weighted by molar-refractivity contribution is 0.920. The molecule has 0 radical (unpaired) electrons. The fourth-order valence-corrected chi connectivity index (χ4v) is 5.65. The van der Waals surface area contributed by atoms with Crippen LogP contribution in [0.3, 0.4) is 0 Å². The van der Waals surface area contributed by atoms with Crippen LogP contribution in [0.25, 0.3) is 21.2 Å². The topological polar surface area (TPSA) is 0 Å². The van der Waals surface area contributed by atoms with Gasteiger partial charge in [0.25, 0.3) is 0 Å². The summed E-state index contributed by atoms with van der Waals surface area (Å²) in [7, 11) is 0. The molecule has 24 heavy (non-hydrogen) atoms. The summed E-state index contributed by atoms with van der Waals surface area (Å²) in [6.45, 7) is 0. The highest BCUT2D eigenvalue weighted by Gasteiger charge is 2.27. The first-order valence-electron chi connectivity index (χ1n) is 8.54. The average molecular weight is 347 g/mol. The van der Waals surface area contributed by atoms with Crippen molar-refractivity contribution in [2.24, 2.45) is 0 Å². The lowest BCUT2D eigenvalue weighted by Gasteiger charge is -2.13. The van der Waals surface area contributed by atoms with Gasteiger partial charge in [-0.3, -0.25) is 0 Å². The molecule has 0 unspecified atom stereocenters. The summed E-state index contributed by atoms with van der Waals surface area (Å²) in [5.41, 5.74) is 7.38. The first-order chi connectivity index (χ1) is 11.8. The summed E-state index contributed by atoms with van der Waals surface area (Å²) < 4.78 is 1.42. The van der Waals surface area contributed by atoms with Crippen molar-refractivity contribution < 1.29 is 0 Å². The van der Waals surface area contributed by atoms with Gasteiger partial charge in [0, 0.05) is 31.8 Å². The van der Waals surface area contributed by atoms with Crippen molar-refractivity contribution in [2.45, 2.75) is 30.6 Å². The second-order valence-corrected chi connectivity index (χ2v) is 8.16. The molecule has 0 saturated heterocycles. The zero-order valence-corrected chi connectivity index (χ0v) is 15.1. The number of benzene rings is 2. The highest BCUT2D eigenvalue weighted by molar-refractivity contribution is 7.80. The Morgan fingerprint density at radius 2 is 1.67 bits per heavy atom. The number of thiophene rings is 1. The second kappa shape index (κ2) is 5.65. The summed E-state index contributed by atoms with van der Waals surface area (Å²) in [5.74, 6) is 0. The molecular weight excluding hydrogens is 328 g/mol. The Kier molecular flexibility index (Phi) is 3.43. The number of hydrogen-bond acceptors (Lipinski definition) is 2. The van der Waals surface area contributed by atoms with Crippen molar-refractivity contribution in [1.82, 2.24) is 0 Å². The van der Waals surface area contributed by atoms with Gasteiger partial charge in [-0.2, -0.15) is 0 Å². The van der Waals surface area contributed by atoms with Crippen LogP contribution >= 0.6 is 24.0 Å². The molecule has 5 rings (SSSR count). The maximum absolute atomic E-state index is 4.72. The van der Waals surface area contributed by atoms with Crippen molar-refractivity contribution in [1.29, 1.82) is 0 Å². The SMILES string of the molecule is Sc1ccccc1C1=CCc2sc3ccccc3c2C2=C1CCC2. The van der Waals surface area contributed by atoms with Gasteiger partial charge in [-0.05, 0) is 53.7 Å². The Morgan fingerprint density at radius 1 is 0.875 bits per heavy atom. The van der Waals surface area contributed by atoms with Crippen molar-refractivity contribution in [3.8, 4) is 0 Å². The smallest absolute Gasteiger partial charge is 0.0352 e. The summed E-state index contributed by atoms with van der Waals surface area (Å²) >= 11 is 6.68. The monoisotopic (exact) mass is 346 g/mol. The van der Waals surface area contributed by atoms with Gasteiger partial charge in [0.2, 0.25) is 0 Å². The van der Waals surface area contributed by atoms with E-state index in [0.717, 1.165) is 11.3 Å². The van der Waals surface area contributed by atoms with Crippen LogP contribution in [0, 0.1) is 0 Å². The predicted octanol–water partition coefficient (Wildman–Crippen LogP) is 6.77. The van der Waals surface area contributed by atoms with Gasteiger partial charge >= 0.3 is 0 Å². The highest BCUT2D eigenvalue weighted by Crippen LogP contribution is 2.49. The maximum atomic E-state index is 4.72. The Balaban J connectivity index is 1.77. The van der Waals surface area contributed by atoms with Crippen LogP contribution in [0.2, 0.25) is 0 Å². The van der Waals surface area contributed by atoms with Crippen LogP contribution in [0.1, 0.15) is 35.3 Å². The summed E-state index contributed by atoms with van der Waals surface area (Å²) in [5, 5.41) is 1.45. The molecule has 0 bridgehead atoms. The number of rotatable bonds is 1. The third kappa shape index (κ3) is 2.13. The van der Waals surface area contributed by atoms with E-state index in [-0.39, 0.29) is 0 Å². The summed E-state index contributed by atoms with van der Waals surface area (Å²) in [6, 6.07) is 17.4. The van der Waals surface area contributed by atoms with Crippen LogP contribution in [0.4, 0.5) is 0 Å². The van der Waals surface area contributed by atoms with Crippen molar-refractivity contribution >= 4 is 45.2 Å². The third-order valence-corrected chi connectivity index (χ3v) is 6.78. The molecule has 0 spiro atoms. The van der Waals surface area contributed by atoms with Crippen LogP contribution in [0.15, 0.2) is 65.1 Å². The standard InChI is InChI=1S/C22H18S2/c23-19-10-3-1-6-16(19)15-12-13-21-22(17-9-5-8-14(15)17)18-7-2-4-11-20(18)24-21/h1-4,6-7,10-12,23H,5,8-9,13H2. The minimum absolute atomic E-state index is 1.03. The maximum Gasteiger partial charge on any atom is 0.0352 e. The molecule has 0 N–H and O–H groups in total. The fourth-order valence-electron chi connectivity index (χ4n) is 4.18. The Morgan fingerprint density at radius 3 is 2.58 bits per heavy atom. The molecule has 0 nitrogen and oxygen atoms in total. The zero-order chi connectivity index (χ0) is 16.1. The molecule has 0 saturated carbocycles. The number of thiol groups is 1. The van der Waals surface area contributed by atoms with Crippen LogP contribution in [-0.2, 0) is 6.42 Å². The molecule has 2 heteroatoms. The molecule has 2 aliphatic rings. The van der Waals surface area contributed by atoms with Gasteiger partial charge in [-0.1, -0.05) is 42.5 Å². The van der Waals surface area contributed by atoms with E-state index >= 15 is 0 Å². The summed E-state index contributed by atoms with van der Waals surface area (Å²) in [6.07, 6.45) is 7.12. The Hall–Kier alpha value is -1.77. The molecule has 0 amide bonds. The number of hydrogen-bond donors (Lipinski definition) is 1. The lowest BCUT2D eigenvalue weighted by Crippen LogP contribution is -1.91. The minimum atomic E-state index is 1.03. The quantitative estimate of drug-likeness (QED) is 0.462. The molecule has 2 aliphatic carbocycles. The molecule has 0 fully saturated rings. The van der Waals surface area contributed by atoms with Gasteiger partial charge in [0.1, 0.15) is 0 Å². The Bertz CT molecular complexity index is 1020. The predicted molar refractivity (Wildman–Crippen MR) is 108 cm³/mol. The normalized spacial score (nSPS) is 16.8. The molecule has 1 aromatic heterocycles. The zero-order valence-electron chi connectivity index (χ0n) is 13.4. The van der Waals surface area contributed by atoms with Crippen molar-refractivity contribution in [3.05, 3.63) is 76.2 Å². The number of fused-ring (bicyclic) bond motifs is 4. The minimum Gasteiger partial charge on any atom is -0.143 e. The van der Waals surface area contributed by atoms with E-state index < -0.39 is 0 Å². The molecule has 118 valence electrons. The first kappa shape index (κ1) is 14.6. The van der Waals surface area contributed by atoms with E-state index in [9.17, 15) is 0 Å². The van der Waals surface area contributed by atoms with E-state index in [2.05, 4.69) is 54.6 Å². The van der Waals surface area contributed by atoms with Gasteiger partial charge in [0.05, 0.1) is 0 Å². The van der Waals surface area contributed by atoms with E-state index in [4.69, 9.17) is 12.6 Å². The second-order valence-electron chi connectivity index (χ2n) is 6.55. The molecule has 1 heterocycles. The lowest BCUT2D eigenvalue weighted by atomic mass is 9.93. The summed E-state index contributed by atoms with van der Waals surface area (Å²) in [4.78, 5) is 2.61. The van der Waals surface area contributed by atoms with Gasteiger partial charge in [-0.15, -0.1) is 24.0 Å². The van der Waals surface area contributed by atoms with E-state index in [0.29, 0.717) is 0 Å². The fraction of sp³-hybridized carbons (Fsp3) is 0.182. The van der Waals surface area contributed by atoms with Gasteiger partial charge in [-0.25, -0.2) is 0 Å².